The van der Waals surface area contributed by atoms with Crippen LogP contribution in [0.15, 0.2) is 4.47 Å². The molecular weight excluding hydrogens is 306 g/mol. The van der Waals surface area contributed by atoms with Crippen LogP contribution in [0.4, 0.5) is 0 Å². The Morgan fingerprint density at radius 2 is 2.21 bits per heavy atom. The van der Waals surface area contributed by atoms with Gasteiger partial charge in [-0.15, -0.1) is 0 Å². The molecule has 5 heteroatoms. The van der Waals surface area contributed by atoms with Crippen LogP contribution in [-0.2, 0) is 17.8 Å². The highest BCUT2D eigenvalue weighted by Gasteiger charge is 2.40. The molecule has 0 spiro atoms. The molecule has 19 heavy (non-hydrogen) atoms. The van der Waals surface area contributed by atoms with Gasteiger partial charge in [-0.25, -0.2) is 0 Å². The van der Waals surface area contributed by atoms with Crippen LogP contribution < -0.4 is 5.32 Å². The zero-order chi connectivity index (χ0) is 13.4. The summed E-state index contributed by atoms with van der Waals surface area (Å²) < 4.78 is 9.09. The summed E-state index contributed by atoms with van der Waals surface area (Å²) in [4.78, 5) is 0. The molecule has 3 rings (SSSR count). The Balaban J connectivity index is 1.65. The summed E-state index contributed by atoms with van der Waals surface area (Å²) in [5.74, 6) is 0.807. The number of nitrogens with one attached hydrogen (secondary N) is 1. The second-order valence-electron chi connectivity index (χ2n) is 5.61. The van der Waals surface area contributed by atoms with Crippen molar-refractivity contribution in [1.82, 2.24) is 15.1 Å². The highest BCUT2D eigenvalue weighted by molar-refractivity contribution is 9.10. The van der Waals surface area contributed by atoms with E-state index in [1.807, 2.05) is 6.92 Å². The van der Waals surface area contributed by atoms with Gasteiger partial charge in [0.15, 0.2) is 0 Å². The van der Waals surface area contributed by atoms with E-state index < -0.39 is 0 Å². The van der Waals surface area contributed by atoms with Gasteiger partial charge in [-0.05, 0) is 55.0 Å². The second-order valence-corrected chi connectivity index (χ2v) is 6.40. The number of aryl methyl sites for hydroxylation is 2. The standard InChI is InChI=1S/C14H22BrN3O/c1-3-18-12(13(15)9(2)17-18)8-16-11-6-7-19-14(11)10-4-5-10/h10-11,14,16H,3-8H2,1-2H3. The Morgan fingerprint density at radius 1 is 1.42 bits per heavy atom. The maximum absolute atomic E-state index is 5.87. The van der Waals surface area contributed by atoms with Crippen molar-refractivity contribution in [3.8, 4) is 0 Å². The maximum atomic E-state index is 5.87. The molecule has 2 aliphatic rings. The summed E-state index contributed by atoms with van der Waals surface area (Å²) in [6, 6.07) is 0.514. The first-order chi connectivity index (χ1) is 9.20. The third-order valence-corrected chi connectivity index (χ3v) is 5.24. The van der Waals surface area contributed by atoms with Gasteiger partial charge in [0.1, 0.15) is 0 Å². The van der Waals surface area contributed by atoms with Crippen LogP contribution >= 0.6 is 15.9 Å². The average Bonchev–Trinajstić information content (AvgIpc) is 3.09. The molecule has 1 aromatic rings. The number of halogens is 1. The lowest BCUT2D eigenvalue weighted by Gasteiger charge is -2.19. The van der Waals surface area contributed by atoms with Gasteiger partial charge in [0, 0.05) is 25.7 Å². The fourth-order valence-electron chi connectivity index (χ4n) is 2.98. The van der Waals surface area contributed by atoms with E-state index in [9.17, 15) is 0 Å². The number of hydrogen-bond donors (Lipinski definition) is 1. The first-order valence-electron chi connectivity index (χ1n) is 7.27. The fraction of sp³-hybridized carbons (Fsp3) is 0.786. The molecule has 0 radical (unpaired) electrons. The van der Waals surface area contributed by atoms with Gasteiger partial charge in [0.2, 0.25) is 0 Å². The molecule has 2 atom stereocenters. The monoisotopic (exact) mass is 327 g/mol. The number of rotatable bonds is 5. The van der Waals surface area contributed by atoms with E-state index in [2.05, 4.69) is 38.0 Å². The largest absolute Gasteiger partial charge is 0.376 e. The molecule has 4 nitrogen and oxygen atoms in total. The van der Waals surface area contributed by atoms with Crippen LogP contribution in [0.1, 0.15) is 37.6 Å². The Hall–Kier alpha value is -0.390. The first-order valence-corrected chi connectivity index (χ1v) is 8.06. The lowest BCUT2D eigenvalue weighted by atomic mass is 10.1. The topological polar surface area (TPSA) is 39.1 Å². The van der Waals surface area contributed by atoms with Crippen molar-refractivity contribution in [3.63, 3.8) is 0 Å². The fourth-order valence-corrected chi connectivity index (χ4v) is 3.41. The first kappa shape index (κ1) is 13.6. The normalized spacial score (nSPS) is 27.1. The van der Waals surface area contributed by atoms with Gasteiger partial charge < -0.3 is 10.1 Å². The highest BCUT2D eigenvalue weighted by Crippen LogP contribution is 2.38. The predicted molar refractivity (Wildman–Crippen MR) is 78.0 cm³/mol. The van der Waals surface area contributed by atoms with Crippen molar-refractivity contribution >= 4 is 15.9 Å². The van der Waals surface area contributed by atoms with Crippen molar-refractivity contribution < 1.29 is 4.74 Å². The molecule has 2 unspecified atom stereocenters. The number of ether oxygens (including phenoxy) is 1. The molecule has 2 heterocycles. The van der Waals surface area contributed by atoms with E-state index in [1.165, 1.54) is 18.5 Å². The minimum atomic E-state index is 0.442. The van der Waals surface area contributed by atoms with Crippen molar-refractivity contribution in [2.45, 2.75) is 58.3 Å². The maximum Gasteiger partial charge on any atom is 0.0757 e. The molecule has 1 saturated carbocycles. The number of nitrogens with zero attached hydrogens (tertiary/aromatic N) is 2. The second kappa shape index (κ2) is 5.54. The summed E-state index contributed by atoms with van der Waals surface area (Å²) in [6.07, 6.45) is 4.27. The van der Waals surface area contributed by atoms with E-state index in [-0.39, 0.29) is 0 Å². The Labute approximate surface area is 123 Å². The molecule has 0 aromatic carbocycles. The van der Waals surface area contributed by atoms with Gasteiger partial charge in [-0.2, -0.15) is 5.10 Å². The molecule has 0 bridgehead atoms. The van der Waals surface area contributed by atoms with Crippen LogP contribution in [0.2, 0.25) is 0 Å². The van der Waals surface area contributed by atoms with Gasteiger partial charge in [-0.3, -0.25) is 4.68 Å². The summed E-state index contributed by atoms with van der Waals surface area (Å²) >= 11 is 3.65. The lowest BCUT2D eigenvalue weighted by molar-refractivity contribution is 0.0807. The molecule has 0 amide bonds. The van der Waals surface area contributed by atoms with Crippen LogP contribution in [-0.4, -0.2) is 28.5 Å². The Bertz CT molecular complexity index is 456. The smallest absolute Gasteiger partial charge is 0.0757 e. The Kier molecular flexibility index (Phi) is 3.96. The molecule has 1 aliphatic heterocycles. The molecule has 1 saturated heterocycles. The zero-order valence-electron chi connectivity index (χ0n) is 11.7. The Morgan fingerprint density at radius 3 is 2.89 bits per heavy atom. The lowest BCUT2D eigenvalue weighted by Crippen LogP contribution is -2.37. The zero-order valence-corrected chi connectivity index (χ0v) is 13.2. The van der Waals surface area contributed by atoms with E-state index in [4.69, 9.17) is 4.74 Å². The van der Waals surface area contributed by atoms with Crippen molar-refractivity contribution in [3.05, 3.63) is 15.9 Å². The predicted octanol–water partition coefficient (Wildman–Crippen LogP) is 2.63. The molecule has 1 N–H and O–H groups in total. The summed E-state index contributed by atoms with van der Waals surface area (Å²) in [7, 11) is 0. The molecule has 2 fully saturated rings. The number of aromatic nitrogens is 2. The van der Waals surface area contributed by atoms with Gasteiger partial charge in [-0.1, -0.05) is 0 Å². The van der Waals surface area contributed by atoms with Crippen LogP contribution in [0, 0.1) is 12.8 Å². The molecular formula is C14H22BrN3O. The summed E-state index contributed by atoms with van der Waals surface area (Å²) in [5, 5.41) is 8.22. The van der Waals surface area contributed by atoms with E-state index in [1.54, 1.807) is 0 Å². The number of hydrogen-bond acceptors (Lipinski definition) is 3. The minimum absolute atomic E-state index is 0.442. The molecule has 106 valence electrons. The summed E-state index contributed by atoms with van der Waals surface area (Å²) in [5.41, 5.74) is 2.32. The van der Waals surface area contributed by atoms with E-state index in [0.29, 0.717) is 12.1 Å². The van der Waals surface area contributed by atoms with Crippen LogP contribution in [0.25, 0.3) is 0 Å². The van der Waals surface area contributed by atoms with Gasteiger partial charge in [0.25, 0.3) is 0 Å². The summed E-state index contributed by atoms with van der Waals surface area (Å²) in [6.45, 7) is 6.87. The molecule has 1 aromatic heterocycles. The van der Waals surface area contributed by atoms with Crippen molar-refractivity contribution in [2.24, 2.45) is 5.92 Å². The SMILES string of the molecule is CCn1nc(C)c(Br)c1CNC1CCOC1C1CC1. The van der Waals surface area contributed by atoms with Gasteiger partial charge in [0.05, 0.1) is 22.0 Å². The third-order valence-electron chi connectivity index (χ3n) is 4.21. The third kappa shape index (κ3) is 2.73. The van der Waals surface area contributed by atoms with Crippen LogP contribution in [0.3, 0.4) is 0 Å². The van der Waals surface area contributed by atoms with Gasteiger partial charge >= 0.3 is 0 Å². The molecule has 1 aliphatic carbocycles. The van der Waals surface area contributed by atoms with Crippen molar-refractivity contribution in [1.29, 1.82) is 0 Å². The minimum Gasteiger partial charge on any atom is -0.376 e. The average molecular weight is 328 g/mol. The van der Waals surface area contributed by atoms with Crippen LogP contribution in [0.5, 0.6) is 0 Å². The highest BCUT2D eigenvalue weighted by atomic mass is 79.9. The quantitative estimate of drug-likeness (QED) is 0.903. The van der Waals surface area contributed by atoms with E-state index >= 15 is 0 Å². The van der Waals surface area contributed by atoms with E-state index in [0.717, 1.165) is 42.2 Å². The van der Waals surface area contributed by atoms with Crippen molar-refractivity contribution in [2.75, 3.05) is 6.61 Å².